The van der Waals surface area contributed by atoms with Crippen molar-refractivity contribution in [2.75, 3.05) is 11.9 Å². The smallest absolute Gasteiger partial charge is 0.410 e. The molecule has 1 aromatic heterocycles. The van der Waals surface area contributed by atoms with Gasteiger partial charge in [0, 0.05) is 18.0 Å². The maximum atomic E-state index is 12.9. The summed E-state index contributed by atoms with van der Waals surface area (Å²) in [5, 5.41) is 13.8. The largest absolute Gasteiger partial charge is 0.445 e. The Kier molecular flexibility index (Phi) is 5.39. The van der Waals surface area contributed by atoms with E-state index in [9.17, 15) is 14.7 Å². The van der Waals surface area contributed by atoms with Gasteiger partial charge in [-0.2, -0.15) is 0 Å². The highest BCUT2D eigenvalue weighted by molar-refractivity contribution is 6.03. The summed E-state index contributed by atoms with van der Waals surface area (Å²) in [7, 11) is 0. The third kappa shape index (κ3) is 4.20. The molecule has 0 saturated carbocycles. The number of para-hydroxylation sites is 1. The van der Waals surface area contributed by atoms with Gasteiger partial charge in [0.2, 0.25) is 5.91 Å². The Morgan fingerprint density at radius 1 is 1.10 bits per heavy atom. The van der Waals surface area contributed by atoms with Crippen LogP contribution < -0.4 is 5.32 Å². The van der Waals surface area contributed by atoms with E-state index in [2.05, 4.69) is 10.3 Å². The Labute approximate surface area is 167 Å². The summed E-state index contributed by atoms with van der Waals surface area (Å²) in [6.07, 6.45) is 0.414. The van der Waals surface area contributed by atoms with E-state index in [-0.39, 0.29) is 25.5 Å². The van der Waals surface area contributed by atoms with Crippen molar-refractivity contribution in [3.05, 3.63) is 72.4 Å². The molecule has 1 aliphatic rings. The molecule has 148 valence electrons. The van der Waals surface area contributed by atoms with Gasteiger partial charge in [-0.25, -0.2) is 4.79 Å². The fraction of sp³-hybridized carbons (Fsp3) is 0.227. The minimum Gasteiger partial charge on any atom is -0.445 e. The molecule has 1 fully saturated rings. The number of aliphatic hydroxyl groups excluding tert-OH is 1. The zero-order chi connectivity index (χ0) is 20.2. The zero-order valence-electron chi connectivity index (χ0n) is 15.7. The number of rotatable bonds is 4. The summed E-state index contributed by atoms with van der Waals surface area (Å²) in [5.41, 5.74) is 2.08. The normalized spacial score (nSPS) is 18.6. The van der Waals surface area contributed by atoms with Crippen molar-refractivity contribution in [3.63, 3.8) is 0 Å². The van der Waals surface area contributed by atoms with E-state index in [1.54, 1.807) is 12.3 Å². The fourth-order valence-electron chi connectivity index (χ4n) is 3.49. The zero-order valence-corrected chi connectivity index (χ0v) is 15.7. The van der Waals surface area contributed by atoms with E-state index in [0.29, 0.717) is 11.2 Å². The quantitative estimate of drug-likeness (QED) is 0.713. The number of hydrogen-bond donors (Lipinski definition) is 2. The maximum absolute atomic E-state index is 12.9. The molecule has 2 amide bonds. The predicted molar refractivity (Wildman–Crippen MR) is 108 cm³/mol. The van der Waals surface area contributed by atoms with Gasteiger partial charge in [-0.3, -0.25) is 14.7 Å². The molecule has 29 heavy (non-hydrogen) atoms. The van der Waals surface area contributed by atoms with Crippen molar-refractivity contribution in [2.45, 2.75) is 25.2 Å². The third-order valence-electron chi connectivity index (χ3n) is 4.91. The highest BCUT2D eigenvalue weighted by Crippen LogP contribution is 2.24. The van der Waals surface area contributed by atoms with Crippen LogP contribution in [0.15, 0.2) is 66.9 Å². The van der Waals surface area contributed by atoms with Crippen LogP contribution in [-0.4, -0.2) is 45.7 Å². The number of amides is 2. The predicted octanol–water partition coefficient (Wildman–Crippen LogP) is 2.95. The van der Waals surface area contributed by atoms with E-state index in [1.807, 2.05) is 54.6 Å². The molecule has 0 bridgehead atoms. The summed E-state index contributed by atoms with van der Waals surface area (Å²) in [6, 6.07) is 17.7. The van der Waals surface area contributed by atoms with E-state index in [1.165, 1.54) is 4.90 Å². The molecule has 1 aliphatic heterocycles. The Morgan fingerprint density at radius 2 is 1.90 bits per heavy atom. The number of β-amino-alcohol motifs (C(OH)–C–C–N with tert-alkyl or cyclic N) is 1. The van der Waals surface area contributed by atoms with Crippen LogP contribution in [0.25, 0.3) is 10.9 Å². The molecule has 7 nitrogen and oxygen atoms in total. The summed E-state index contributed by atoms with van der Waals surface area (Å²) >= 11 is 0. The highest BCUT2D eigenvalue weighted by Gasteiger charge is 2.40. The molecule has 2 heterocycles. The molecule has 1 saturated heterocycles. The minimum atomic E-state index is -0.813. The van der Waals surface area contributed by atoms with Crippen molar-refractivity contribution in [1.29, 1.82) is 0 Å². The standard InChI is InChI=1S/C22H21N3O4/c26-17-12-19(25(13-17)22(28)29-14-15-6-2-1-3-7-15)21(27)24-18-10-4-8-16-9-5-11-23-20(16)18/h1-11,17,19,26H,12-14H2,(H,24,27). The van der Waals surface area contributed by atoms with E-state index < -0.39 is 18.2 Å². The molecular weight excluding hydrogens is 370 g/mol. The first kappa shape index (κ1) is 18.9. The van der Waals surface area contributed by atoms with Crippen LogP contribution in [0.2, 0.25) is 0 Å². The van der Waals surface area contributed by atoms with Crippen LogP contribution in [-0.2, 0) is 16.1 Å². The van der Waals surface area contributed by atoms with Gasteiger partial charge in [0.25, 0.3) is 0 Å². The molecule has 2 N–H and O–H groups in total. The number of benzene rings is 2. The second kappa shape index (κ2) is 8.28. The molecule has 7 heteroatoms. The van der Waals surface area contributed by atoms with Crippen LogP contribution in [0.4, 0.5) is 10.5 Å². The number of carbonyl (C=O) groups is 2. The second-order valence-electron chi connectivity index (χ2n) is 6.97. The molecule has 3 aromatic rings. The van der Waals surface area contributed by atoms with Gasteiger partial charge in [-0.1, -0.05) is 48.5 Å². The van der Waals surface area contributed by atoms with Crippen molar-refractivity contribution in [1.82, 2.24) is 9.88 Å². The van der Waals surface area contributed by atoms with E-state index in [0.717, 1.165) is 10.9 Å². The van der Waals surface area contributed by atoms with Crippen molar-refractivity contribution < 1.29 is 19.4 Å². The topological polar surface area (TPSA) is 91.8 Å². The monoisotopic (exact) mass is 391 g/mol. The number of ether oxygens (including phenoxy) is 1. The number of aliphatic hydroxyl groups is 1. The maximum Gasteiger partial charge on any atom is 0.410 e. The lowest BCUT2D eigenvalue weighted by molar-refractivity contribution is -0.120. The molecule has 0 spiro atoms. The highest BCUT2D eigenvalue weighted by atomic mass is 16.6. The third-order valence-corrected chi connectivity index (χ3v) is 4.91. The minimum absolute atomic E-state index is 0.0551. The number of nitrogens with one attached hydrogen (secondary N) is 1. The molecule has 4 rings (SSSR count). The number of likely N-dealkylation sites (tertiary alicyclic amines) is 1. The first-order chi connectivity index (χ1) is 14.1. The van der Waals surface area contributed by atoms with Gasteiger partial charge >= 0.3 is 6.09 Å². The first-order valence-corrected chi connectivity index (χ1v) is 9.42. The number of carbonyl (C=O) groups excluding carboxylic acids is 2. The van der Waals surface area contributed by atoms with Gasteiger partial charge < -0.3 is 15.2 Å². The molecule has 0 aliphatic carbocycles. The molecule has 2 atom stereocenters. The van der Waals surface area contributed by atoms with Crippen LogP contribution in [0.3, 0.4) is 0 Å². The number of nitrogens with zero attached hydrogens (tertiary/aromatic N) is 2. The molecule has 2 unspecified atom stereocenters. The Bertz CT molecular complexity index is 1020. The summed E-state index contributed by atoms with van der Waals surface area (Å²) in [4.78, 5) is 31.0. The Morgan fingerprint density at radius 3 is 2.72 bits per heavy atom. The second-order valence-corrected chi connectivity index (χ2v) is 6.97. The summed E-state index contributed by atoms with van der Waals surface area (Å²) in [5.74, 6) is -0.378. The van der Waals surface area contributed by atoms with Crippen LogP contribution in [0.5, 0.6) is 0 Å². The van der Waals surface area contributed by atoms with Crippen molar-refractivity contribution >= 4 is 28.6 Å². The van der Waals surface area contributed by atoms with Gasteiger partial charge in [-0.15, -0.1) is 0 Å². The SMILES string of the molecule is O=C(Nc1cccc2cccnc12)C1CC(O)CN1C(=O)OCc1ccccc1. The van der Waals surface area contributed by atoms with E-state index >= 15 is 0 Å². The lowest BCUT2D eigenvalue weighted by atomic mass is 10.1. The summed E-state index contributed by atoms with van der Waals surface area (Å²) < 4.78 is 5.34. The lowest BCUT2D eigenvalue weighted by Gasteiger charge is -2.23. The molecule has 0 radical (unpaired) electrons. The Balaban J connectivity index is 1.47. The number of aromatic nitrogens is 1. The van der Waals surface area contributed by atoms with Crippen LogP contribution in [0.1, 0.15) is 12.0 Å². The van der Waals surface area contributed by atoms with Gasteiger partial charge in [0.15, 0.2) is 0 Å². The molecular formula is C22H21N3O4. The Hall–Kier alpha value is -3.45. The fourth-order valence-corrected chi connectivity index (χ4v) is 3.49. The first-order valence-electron chi connectivity index (χ1n) is 9.42. The number of pyridine rings is 1. The van der Waals surface area contributed by atoms with Crippen LogP contribution >= 0.6 is 0 Å². The van der Waals surface area contributed by atoms with Gasteiger partial charge in [-0.05, 0) is 17.7 Å². The average Bonchev–Trinajstić information content (AvgIpc) is 3.15. The average molecular weight is 391 g/mol. The van der Waals surface area contributed by atoms with Gasteiger partial charge in [0.1, 0.15) is 12.6 Å². The van der Waals surface area contributed by atoms with E-state index in [4.69, 9.17) is 4.74 Å². The molecule has 2 aromatic carbocycles. The number of anilines is 1. The van der Waals surface area contributed by atoms with Gasteiger partial charge in [0.05, 0.1) is 23.9 Å². The van der Waals surface area contributed by atoms with Crippen LogP contribution in [0, 0.1) is 0 Å². The number of fused-ring (bicyclic) bond motifs is 1. The van der Waals surface area contributed by atoms with Crippen molar-refractivity contribution in [3.8, 4) is 0 Å². The van der Waals surface area contributed by atoms with Crippen molar-refractivity contribution in [2.24, 2.45) is 0 Å². The number of hydrogen-bond acceptors (Lipinski definition) is 5. The summed E-state index contributed by atoms with van der Waals surface area (Å²) in [6.45, 7) is 0.160. The lowest BCUT2D eigenvalue weighted by Crippen LogP contribution is -2.43.